The minimum absolute atomic E-state index is 0.489. The van der Waals surface area contributed by atoms with E-state index in [1.807, 2.05) is 0 Å². The summed E-state index contributed by atoms with van der Waals surface area (Å²) in [5, 5.41) is 1.18. The van der Waals surface area contributed by atoms with E-state index in [1.165, 1.54) is 0 Å². The Bertz CT molecular complexity index is 345. The van der Waals surface area contributed by atoms with Crippen molar-refractivity contribution < 1.29 is 4.57 Å². The fraction of sp³-hybridized carbons (Fsp3) is 0.250. The molecule has 12 heavy (non-hydrogen) atoms. The molecule has 0 spiro atoms. The van der Waals surface area contributed by atoms with Gasteiger partial charge in [-0.05, 0) is 31.5 Å². The second-order valence-electron chi connectivity index (χ2n) is 3.06. The van der Waals surface area contributed by atoms with Crippen molar-refractivity contribution in [3.8, 4) is 0 Å². The van der Waals surface area contributed by atoms with E-state index in [0.717, 1.165) is 0 Å². The molecule has 1 rings (SSSR count). The minimum Gasteiger partial charge on any atom is -0.399 e. The second kappa shape index (κ2) is 3.12. The number of nitrogens with two attached hydrogens (primary N) is 1. The first-order chi connectivity index (χ1) is 5.41. The summed E-state index contributed by atoms with van der Waals surface area (Å²) in [5.41, 5.74) is 6.09. The maximum absolute atomic E-state index is 11.6. The molecule has 0 saturated carbocycles. The van der Waals surface area contributed by atoms with Crippen LogP contribution in [0.1, 0.15) is 0 Å². The van der Waals surface area contributed by atoms with Crippen molar-refractivity contribution in [2.75, 3.05) is 19.1 Å². The molecule has 0 radical (unpaired) electrons. The summed E-state index contributed by atoms with van der Waals surface area (Å²) in [6.07, 6.45) is 0. The van der Waals surface area contributed by atoms with E-state index in [-0.39, 0.29) is 0 Å². The molecule has 0 fully saturated rings. The highest BCUT2D eigenvalue weighted by Crippen LogP contribution is 2.37. The first-order valence-electron chi connectivity index (χ1n) is 3.52. The Morgan fingerprint density at radius 1 is 1.42 bits per heavy atom. The van der Waals surface area contributed by atoms with Crippen LogP contribution in [0.4, 0.5) is 5.69 Å². The van der Waals surface area contributed by atoms with Crippen LogP contribution in [0.15, 0.2) is 18.2 Å². The number of rotatable bonds is 1. The highest BCUT2D eigenvalue weighted by Gasteiger charge is 2.14. The third-order valence-corrected chi connectivity index (χ3v) is 3.55. The van der Waals surface area contributed by atoms with Gasteiger partial charge in [0.05, 0.1) is 5.02 Å². The zero-order valence-electron chi connectivity index (χ0n) is 7.04. The fourth-order valence-corrected chi connectivity index (χ4v) is 2.77. The topological polar surface area (TPSA) is 43.1 Å². The second-order valence-corrected chi connectivity index (χ2v) is 6.65. The van der Waals surface area contributed by atoms with E-state index < -0.39 is 7.14 Å². The summed E-state index contributed by atoms with van der Waals surface area (Å²) in [4.78, 5) is 0. The summed E-state index contributed by atoms with van der Waals surface area (Å²) >= 11 is 5.86. The molecule has 0 unspecified atom stereocenters. The van der Waals surface area contributed by atoms with E-state index >= 15 is 0 Å². The highest BCUT2D eigenvalue weighted by atomic mass is 35.5. The maximum Gasteiger partial charge on any atom is 0.111 e. The van der Waals surface area contributed by atoms with Gasteiger partial charge in [-0.25, -0.2) is 0 Å². The van der Waals surface area contributed by atoms with E-state index in [2.05, 4.69) is 0 Å². The van der Waals surface area contributed by atoms with Crippen LogP contribution in [0.2, 0.25) is 5.02 Å². The molecule has 66 valence electrons. The molecule has 2 nitrogen and oxygen atoms in total. The van der Waals surface area contributed by atoms with Crippen LogP contribution in [0.25, 0.3) is 0 Å². The molecular formula is C8H11ClNOP. The van der Waals surface area contributed by atoms with Crippen LogP contribution in [-0.2, 0) is 4.57 Å². The Labute approximate surface area is 77.1 Å². The van der Waals surface area contributed by atoms with Gasteiger partial charge in [-0.15, -0.1) is 0 Å². The fourth-order valence-electron chi connectivity index (χ4n) is 0.960. The lowest BCUT2D eigenvalue weighted by Gasteiger charge is -2.08. The molecule has 0 bridgehead atoms. The summed E-state index contributed by atoms with van der Waals surface area (Å²) in [7, 11) is -2.26. The number of hydrogen-bond donors (Lipinski definition) is 1. The third kappa shape index (κ3) is 2.02. The average molecular weight is 204 g/mol. The summed E-state index contributed by atoms with van der Waals surface area (Å²) in [5.74, 6) is 0. The summed E-state index contributed by atoms with van der Waals surface area (Å²) in [6.45, 7) is 3.37. The third-order valence-electron chi connectivity index (χ3n) is 1.55. The van der Waals surface area contributed by atoms with Gasteiger partial charge >= 0.3 is 0 Å². The van der Waals surface area contributed by atoms with E-state index in [1.54, 1.807) is 31.5 Å². The monoisotopic (exact) mass is 203 g/mol. The van der Waals surface area contributed by atoms with Gasteiger partial charge in [-0.2, -0.15) is 0 Å². The smallest absolute Gasteiger partial charge is 0.111 e. The van der Waals surface area contributed by atoms with Crippen molar-refractivity contribution >= 4 is 29.7 Å². The number of hydrogen-bond acceptors (Lipinski definition) is 2. The standard InChI is InChI=1S/C8H11ClNOP/c1-12(2,11)8-4-3-6(10)5-7(8)9/h3-5H,10H2,1-2H3. The van der Waals surface area contributed by atoms with Gasteiger partial charge in [0.2, 0.25) is 0 Å². The number of nitrogen functional groups attached to an aromatic ring is 1. The lowest BCUT2D eigenvalue weighted by Crippen LogP contribution is -2.04. The number of benzene rings is 1. The van der Waals surface area contributed by atoms with Crippen LogP contribution in [0.5, 0.6) is 0 Å². The molecular weight excluding hydrogens is 193 g/mol. The Balaban J connectivity index is 3.28. The summed E-state index contributed by atoms with van der Waals surface area (Å²) < 4.78 is 11.6. The van der Waals surface area contributed by atoms with Gasteiger partial charge in [0.15, 0.2) is 0 Å². The van der Waals surface area contributed by atoms with E-state index in [0.29, 0.717) is 16.0 Å². The molecule has 0 aliphatic carbocycles. The molecule has 0 saturated heterocycles. The van der Waals surface area contributed by atoms with Crippen LogP contribution >= 0.6 is 18.7 Å². The zero-order valence-corrected chi connectivity index (χ0v) is 8.69. The Morgan fingerprint density at radius 3 is 2.42 bits per heavy atom. The Hall–Kier alpha value is -0.460. The normalized spacial score (nSPS) is 11.6. The Morgan fingerprint density at radius 2 is 2.00 bits per heavy atom. The number of anilines is 1. The van der Waals surface area contributed by atoms with Crippen molar-refractivity contribution in [2.45, 2.75) is 0 Å². The molecule has 0 heterocycles. The van der Waals surface area contributed by atoms with Crippen LogP contribution < -0.4 is 11.0 Å². The van der Waals surface area contributed by atoms with Crippen molar-refractivity contribution in [3.05, 3.63) is 23.2 Å². The van der Waals surface area contributed by atoms with Crippen LogP contribution in [0, 0.1) is 0 Å². The largest absolute Gasteiger partial charge is 0.399 e. The zero-order chi connectivity index (χ0) is 9.35. The first-order valence-corrected chi connectivity index (χ1v) is 6.50. The van der Waals surface area contributed by atoms with Crippen LogP contribution in [0.3, 0.4) is 0 Å². The van der Waals surface area contributed by atoms with Crippen molar-refractivity contribution in [1.82, 2.24) is 0 Å². The quantitative estimate of drug-likeness (QED) is 0.562. The van der Waals surface area contributed by atoms with Gasteiger partial charge in [-0.3, -0.25) is 0 Å². The molecule has 0 atom stereocenters. The van der Waals surface area contributed by atoms with Crippen molar-refractivity contribution in [3.63, 3.8) is 0 Å². The Kier molecular flexibility index (Phi) is 2.50. The van der Waals surface area contributed by atoms with Gasteiger partial charge in [-0.1, -0.05) is 11.6 Å². The van der Waals surface area contributed by atoms with Gasteiger partial charge < -0.3 is 10.3 Å². The van der Waals surface area contributed by atoms with E-state index in [9.17, 15) is 4.57 Å². The van der Waals surface area contributed by atoms with Crippen LogP contribution in [-0.4, -0.2) is 13.3 Å². The average Bonchev–Trinajstić information content (AvgIpc) is 1.83. The lowest BCUT2D eigenvalue weighted by molar-refractivity contribution is 0.588. The molecule has 2 N–H and O–H groups in total. The maximum atomic E-state index is 11.6. The number of halogens is 1. The first kappa shape index (κ1) is 9.63. The molecule has 0 aromatic heterocycles. The lowest BCUT2D eigenvalue weighted by atomic mass is 10.3. The van der Waals surface area contributed by atoms with Crippen molar-refractivity contribution in [1.29, 1.82) is 0 Å². The van der Waals surface area contributed by atoms with E-state index in [4.69, 9.17) is 17.3 Å². The molecule has 0 amide bonds. The molecule has 1 aromatic rings. The van der Waals surface area contributed by atoms with Gasteiger partial charge in [0.1, 0.15) is 7.14 Å². The molecule has 0 aliphatic rings. The SMILES string of the molecule is CP(C)(=O)c1ccc(N)cc1Cl. The van der Waals surface area contributed by atoms with Gasteiger partial charge in [0.25, 0.3) is 0 Å². The van der Waals surface area contributed by atoms with Gasteiger partial charge in [0, 0.05) is 11.0 Å². The molecule has 4 heteroatoms. The summed E-state index contributed by atoms with van der Waals surface area (Å²) in [6, 6.07) is 5.05. The molecule has 0 aliphatic heterocycles. The predicted molar refractivity (Wildman–Crippen MR) is 55.0 cm³/mol. The van der Waals surface area contributed by atoms with Crippen molar-refractivity contribution in [2.24, 2.45) is 0 Å². The molecule has 1 aromatic carbocycles. The highest BCUT2D eigenvalue weighted by molar-refractivity contribution is 7.70. The predicted octanol–water partition coefficient (Wildman–Crippen LogP) is 2.17. The minimum atomic E-state index is -2.26.